The fourth-order valence-corrected chi connectivity index (χ4v) is 7.61. The van der Waals surface area contributed by atoms with Crippen molar-refractivity contribution in [1.29, 1.82) is 0 Å². The van der Waals surface area contributed by atoms with Crippen LogP contribution in [0.1, 0.15) is 43.5 Å². The van der Waals surface area contributed by atoms with Gasteiger partial charge in [-0.15, -0.1) is 0 Å². The molecule has 1 aliphatic heterocycles. The molecule has 2 amide bonds. The fourth-order valence-electron chi connectivity index (χ4n) is 5.03. The van der Waals surface area contributed by atoms with Gasteiger partial charge in [-0.2, -0.15) is 0 Å². The zero-order valence-corrected chi connectivity index (χ0v) is 27.5. The number of rotatable bonds is 9. The smallest absolute Gasteiger partial charge is 0.331 e. The van der Waals surface area contributed by atoms with Gasteiger partial charge in [-0.05, 0) is 72.5 Å². The Labute approximate surface area is 270 Å². The van der Waals surface area contributed by atoms with Gasteiger partial charge in [0.15, 0.2) is 5.16 Å². The molecule has 0 spiro atoms. The Hall–Kier alpha value is -3.25. The summed E-state index contributed by atoms with van der Waals surface area (Å²) in [5.74, 6) is 0.562. The number of thioether (sulfide) groups is 1. The normalized spacial score (nSPS) is 13.7. The van der Waals surface area contributed by atoms with E-state index >= 15 is 0 Å². The number of methoxy groups -OCH3 is 1. The molecule has 1 saturated heterocycles. The van der Waals surface area contributed by atoms with Crippen molar-refractivity contribution < 1.29 is 22.3 Å². The molecule has 1 aliphatic rings. The van der Waals surface area contributed by atoms with Crippen molar-refractivity contribution in [1.82, 2.24) is 19.2 Å². The molecule has 3 aromatic carbocycles. The van der Waals surface area contributed by atoms with E-state index in [9.17, 15) is 17.6 Å². The summed E-state index contributed by atoms with van der Waals surface area (Å²) < 4.78 is 49.2. The number of ether oxygens (including phenoxy) is 1. The van der Waals surface area contributed by atoms with Gasteiger partial charge in [-0.25, -0.2) is 27.3 Å². The lowest BCUT2D eigenvalue weighted by Gasteiger charge is -2.28. The Morgan fingerprint density at radius 3 is 2.41 bits per heavy atom. The van der Waals surface area contributed by atoms with Crippen molar-refractivity contribution in [3.05, 3.63) is 99.5 Å². The van der Waals surface area contributed by atoms with Crippen LogP contribution in [0.15, 0.2) is 76.9 Å². The van der Waals surface area contributed by atoms with Crippen LogP contribution < -0.4 is 9.46 Å². The molecule has 4 aromatic rings. The molecule has 232 valence electrons. The first-order chi connectivity index (χ1) is 20.9. The standard InChI is InChI=1S/C31H31Cl2FN4O4S2/c1-31(2,21-7-13-25(32)27(16-21)42-3)28-18-35-30(38(28)23-10-8-22(34)9-11-23)43-19-20-6-12-24(17-26(20)33)44(40,41)36-29(39)37-14-4-5-15-37/h6-13,16-18H,4-5,14-15,19H2,1-3H3,(H,36,39). The lowest BCUT2D eigenvalue weighted by molar-refractivity contribution is 0.214. The molecule has 5 rings (SSSR count). The van der Waals surface area contributed by atoms with Crippen LogP contribution in [0.2, 0.25) is 10.0 Å². The predicted octanol–water partition coefficient (Wildman–Crippen LogP) is 7.44. The number of benzene rings is 3. The Bertz CT molecular complexity index is 1790. The molecule has 1 aromatic heterocycles. The van der Waals surface area contributed by atoms with E-state index in [1.54, 1.807) is 37.6 Å². The van der Waals surface area contributed by atoms with Crippen LogP contribution in [0, 0.1) is 5.82 Å². The first-order valence-electron chi connectivity index (χ1n) is 13.8. The molecule has 0 saturated carbocycles. The summed E-state index contributed by atoms with van der Waals surface area (Å²) in [5.41, 5.74) is 2.62. The first-order valence-corrected chi connectivity index (χ1v) is 17.0. The van der Waals surface area contributed by atoms with E-state index in [2.05, 4.69) is 18.6 Å². The van der Waals surface area contributed by atoms with Crippen molar-refractivity contribution in [2.24, 2.45) is 0 Å². The van der Waals surface area contributed by atoms with Crippen molar-refractivity contribution in [3.8, 4) is 11.4 Å². The van der Waals surface area contributed by atoms with Gasteiger partial charge in [-0.1, -0.05) is 60.9 Å². The maximum atomic E-state index is 13.9. The number of carbonyl (C=O) groups excluding carboxylic acids is 1. The highest BCUT2D eigenvalue weighted by Gasteiger charge is 2.31. The summed E-state index contributed by atoms with van der Waals surface area (Å²) in [7, 11) is -2.53. The number of hydrogen-bond donors (Lipinski definition) is 1. The Morgan fingerprint density at radius 1 is 1.05 bits per heavy atom. The SMILES string of the molecule is COc1cc(C(C)(C)c2cnc(SCc3ccc(S(=O)(=O)NC(=O)N4CCCC4)cc3Cl)n2-c2ccc(F)cc2)ccc1Cl. The number of imidazole rings is 1. The zero-order chi connectivity index (χ0) is 31.6. The van der Waals surface area contributed by atoms with Crippen LogP contribution in [0.25, 0.3) is 5.69 Å². The third-order valence-electron chi connectivity index (χ3n) is 7.63. The summed E-state index contributed by atoms with van der Waals surface area (Å²) >= 11 is 14.2. The van der Waals surface area contributed by atoms with Crippen LogP contribution in [0.5, 0.6) is 5.75 Å². The minimum atomic E-state index is -4.09. The minimum absolute atomic E-state index is 0.0981. The second-order valence-electron chi connectivity index (χ2n) is 10.9. The maximum Gasteiger partial charge on any atom is 0.331 e. The monoisotopic (exact) mass is 676 g/mol. The van der Waals surface area contributed by atoms with Crippen molar-refractivity contribution >= 4 is 51.0 Å². The van der Waals surface area contributed by atoms with Crippen LogP contribution in [-0.2, 0) is 21.2 Å². The van der Waals surface area contributed by atoms with Crippen molar-refractivity contribution in [2.45, 2.75) is 47.9 Å². The molecule has 0 aliphatic carbocycles. The zero-order valence-electron chi connectivity index (χ0n) is 24.3. The van der Waals surface area contributed by atoms with E-state index in [-0.39, 0.29) is 15.7 Å². The van der Waals surface area contributed by atoms with Gasteiger partial charge in [0.25, 0.3) is 10.0 Å². The highest BCUT2D eigenvalue weighted by atomic mass is 35.5. The molecular formula is C31H31Cl2FN4O4S2. The van der Waals surface area contributed by atoms with E-state index in [4.69, 9.17) is 32.9 Å². The van der Waals surface area contributed by atoms with Gasteiger partial charge in [0, 0.05) is 35.0 Å². The van der Waals surface area contributed by atoms with Gasteiger partial charge in [-0.3, -0.25) is 4.57 Å². The second-order valence-corrected chi connectivity index (χ2v) is 14.3. The molecular weight excluding hydrogens is 646 g/mol. The molecule has 0 bridgehead atoms. The Balaban J connectivity index is 1.42. The van der Waals surface area contributed by atoms with E-state index in [1.165, 1.54) is 40.9 Å². The third kappa shape index (κ3) is 6.71. The molecule has 0 atom stereocenters. The predicted molar refractivity (Wildman–Crippen MR) is 171 cm³/mol. The number of amides is 2. The number of sulfonamides is 1. The number of aromatic nitrogens is 2. The van der Waals surface area contributed by atoms with E-state index in [0.29, 0.717) is 40.3 Å². The summed E-state index contributed by atoms with van der Waals surface area (Å²) in [4.78, 5) is 18.5. The van der Waals surface area contributed by atoms with Crippen LogP contribution in [0.4, 0.5) is 9.18 Å². The van der Waals surface area contributed by atoms with Gasteiger partial charge >= 0.3 is 6.03 Å². The molecule has 0 radical (unpaired) electrons. The Kier molecular flexibility index (Phi) is 9.50. The summed E-state index contributed by atoms with van der Waals surface area (Å²) in [6, 6.07) is 15.5. The lowest BCUT2D eigenvalue weighted by Crippen LogP contribution is -2.41. The highest BCUT2D eigenvalue weighted by Crippen LogP contribution is 2.39. The van der Waals surface area contributed by atoms with Crippen molar-refractivity contribution in [2.75, 3.05) is 20.2 Å². The van der Waals surface area contributed by atoms with Gasteiger partial charge in [0.2, 0.25) is 0 Å². The van der Waals surface area contributed by atoms with E-state index in [1.807, 2.05) is 16.7 Å². The van der Waals surface area contributed by atoms with E-state index in [0.717, 1.165) is 29.8 Å². The lowest BCUT2D eigenvalue weighted by atomic mass is 9.81. The molecule has 0 unspecified atom stereocenters. The number of likely N-dealkylation sites (tertiary alicyclic amines) is 1. The maximum absolute atomic E-state index is 13.9. The summed E-state index contributed by atoms with van der Waals surface area (Å²) in [6.07, 6.45) is 3.48. The largest absolute Gasteiger partial charge is 0.495 e. The number of nitrogens with zero attached hydrogens (tertiary/aromatic N) is 3. The first kappa shape index (κ1) is 32.2. The van der Waals surface area contributed by atoms with Gasteiger partial charge in [0.1, 0.15) is 11.6 Å². The molecule has 13 heteroatoms. The number of halogens is 3. The van der Waals surface area contributed by atoms with Crippen LogP contribution in [-0.4, -0.2) is 49.1 Å². The average Bonchev–Trinajstić information content (AvgIpc) is 3.68. The summed E-state index contributed by atoms with van der Waals surface area (Å²) in [5, 5.41) is 1.37. The van der Waals surface area contributed by atoms with Gasteiger partial charge in [0.05, 0.1) is 28.9 Å². The number of urea groups is 1. The average molecular weight is 678 g/mol. The molecule has 2 heterocycles. The number of carbonyl (C=O) groups is 1. The van der Waals surface area contributed by atoms with Gasteiger partial charge < -0.3 is 9.64 Å². The second kappa shape index (κ2) is 13.0. The van der Waals surface area contributed by atoms with Crippen molar-refractivity contribution in [3.63, 3.8) is 0 Å². The summed E-state index contributed by atoms with van der Waals surface area (Å²) in [6.45, 7) is 5.16. The third-order valence-corrected chi connectivity index (χ3v) is 10.6. The molecule has 44 heavy (non-hydrogen) atoms. The van der Waals surface area contributed by atoms with Crippen LogP contribution >= 0.6 is 35.0 Å². The minimum Gasteiger partial charge on any atom is -0.495 e. The van der Waals surface area contributed by atoms with Crippen LogP contribution in [0.3, 0.4) is 0 Å². The number of nitrogens with one attached hydrogen (secondary N) is 1. The molecule has 1 N–H and O–H groups in total. The molecule has 1 fully saturated rings. The highest BCUT2D eigenvalue weighted by molar-refractivity contribution is 7.98. The van der Waals surface area contributed by atoms with E-state index < -0.39 is 21.5 Å². The molecule has 8 nitrogen and oxygen atoms in total. The fraction of sp³-hybridized carbons (Fsp3) is 0.290. The topological polar surface area (TPSA) is 93.5 Å². The Morgan fingerprint density at radius 2 is 1.75 bits per heavy atom. The number of hydrogen-bond acceptors (Lipinski definition) is 6. The quantitative estimate of drug-likeness (QED) is 0.185.